The number of unbranched alkanes of at least 4 members (excludes halogenated alkanes) is 2. The summed E-state index contributed by atoms with van der Waals surface area (Å²) >= 11 is 0. The van der Waals surface area contributed by atoms with E-state index in [0.29, 0.717) is 23.5 Å². The van der Waals surface area contributed by atoms with Crippen LogP contribution in [-0.2, 0) is 0 Å². The van der Waals surface area contributed by atoms with Crippen LogP contribution in [0.1, 0.15) is 120 Å². The van der Waals surface area contributed by atoms with Crippen molar-refractivity contribution in [2.45, 2.75) is 104 Å². The zero-order valence-electron chi connectivity index (χ0n) is 16.6. The molecule has 0 spiro atoms. The average molecular weight is 331 g/mol. The van der Waals surface area contributed by atoms with Gasteiger partial charge in [-0.2, -0.15) is 0 Å². The molecule has 136 valence electrons. The van der Waals surface area contributed by atoms with Gasteiger partial charge in [-0.3, -0.25) is 0 Å². The Hall–Kier alpha value is -0.980. The Kier molecular flexibility index (Phi) is 7.19. The fourth-order valence-electron chi connectivity index (χ4n) is 4.29. The van der Waals surface area contributed by atoms with E-state index in [9.17, 15) is 5.11 Å². The van der Waals surface area contributed by atoms with Crippen molar-refractivity contribution in [3.8, 4) is 5.75 Å². The number of phenolic OH excluding ortho intramolecular Hbond substituents is 1. The number of rotatable bonds is 7. The van der Waals surface area contributed by atoms with Crippen LogP contribution in [0.15, 0.2) is 12.1 Å². The number of phenols is 1. The Morgan fingerprint density at radius 1 is 0.917 bits per heavy atom. The normalized spacial score (nSPS) is 21.6. The summed E-state index contributed by atoms with van der Waals surface area (Å²) < 4.78 is 0. The molecule has 0 aromatic heterocycles. The predicted molar refractivity (Wildman–Crippen MR) is 105 cm³/mol. The van der Waals surface area contributed by atoms with Crippen molar-refractivity contribution in [2.75, 3.05) is 0 Å². The number of benzene rings is 1. The second-order valence-corrected chi connectivity index (χ2v) is 8.57. The molecule has 1 aliphatic rings. The molecule has 1 nitrogen and oxygen atoms in total. The van der Waals surface area contributed by atoms with Crippen LogP contribution >= 0.6 is 0 Å². The maximum absolute atomic E-state index is 10.6. The van der Waals surface area contributed by atoms with E-state index in [1.807, 2.05) is 0 Å². The van der Waals surface area contributed by atoms with Gasteiger partial charge in [-0.25, -0.2) is 0 Å². The third kappa shape index (κ3) is 4.77. The summed E-state index contributed by atoms with van der Waals surface area (Å²) in [5.74, 6) is 2.96. The molecular weight excluding hydrogens is 292 g/mol. The molecule has 0 unspecified atom stereocenters. The van der Waals surface area contributed by atoms with Crippen molar-refractivity contribution in [3.63, 3.8) is 0 Å². The molecule has 0 aliphatic heterocycles. The largest absolute Gasteiger partial charge is 0.507 e. The van der Waals surface area contributed by atoms with Crippen molar-refractivity contribution in [2.24, 2.45) is 5.92 Å². The summed E-state index contributed by atoms with van der Waals surface area (Å²) in [5.41, 5.74) is 3.76. The molecule has 1 saturated carbocycles. The minimum Gasteiger partial charge on any atom is -0.507 e. The quantitative estimate of drug-likeness (QED) is 0.513. The Bertz CT molecular complexity index is 478. The summed E-state index contributed by atoms with van der Waals surface area (Å²) in [6, 6.07) is 4.60. The third-order valence-corrected chi connectivity index (χ3v) is 5.97. The Labute approximate surface area is 149 Å². The second-order valence-electron chi connectivity index (χ2n) is 8.57. The fraction of sp³-hybridized carbons (Fsp3) is 0.739. The van der Waals surface area contributed by atoms with Crippen molar-refractivity contribution in [1.82, 2.24) is 0 Å². The maximum atomic E-state index is 10.6. The lowest BCUT2D eigenvalue weighted by atomic mass is 9.75. The van der Waals surface area contributed by atoms with E-state index in [-0.39, 0.29) is 0 Å². The van der Waals surface area contributed by atoms with E-state index in [4.69, 9.17) is 0 Å². The summed E-state index contributed by atoms with van der Waals surface area (Å²) in [6.07, 6.45) is 11.0. The summed E-state index contributed by atoms with van der Waals surface area (Å²) in [7, 11) is 0. The Morgan fingerprint density at radius 3 is 1.92 bits per heavy atom. The first-order chi connectivity index (χ1) is 11.4. The zero-order chi connectivity index (χ0) is 17.7. The molecule has 1 aromatic carbocycles. The topological polar surface area (TPSA) is 20.2 Å². The van der Waals surface area contributed by atoms with Crippen LogP contribution in [-0.4, -0.2) is 5.11 Å². The first-order valence-electron chi connectivity index (χ1n) is 10.3. The van der Waals surface area contributed by atoms with E-state index in [1.165, 1.54) is 56.9 Å². The second kappa shape index (κ2) is 8.92. The van der Waals surface area contributed by atoms with Crippen molar-refractivity contribution in [1.29, 1.82) is 0 Å². The molecule has 24 heavy (non-hydrogen) atoms. The highest BCUT2D eigenvalue weighted by atomic mass is 16.3. The van der Waals surface area contributed by atoms with Crippen molar-refractivity contribution < 1.29 is 5.11 Å². The van der Waals surface area contributed by atoms with E-state index in [0.717, 1.165) is 17.0 Å². The molecule has 0 bridgehead atoms. The standard InChI is InChI=1S/C23H38O/c1-6-7-8-9-18-10-12-19(13-11-18)20-14-21(16(2)3)23(24)22(15-20)17(4)5/h14-19,24H,6-13H2,1-5H3. The van der Waals surface area contributed by atoms with E-state index < -0.39 is 0 Å². The molecule has 1 heteroatoms. The number of aromatic hydroxyl groups is 1. The average Bonchev–Trinajstić information content (AvgIpc) is 2.55. The van der Waals surface area contributed by atoms with Gasteiger partial charge in [-0.1, -0.05) is 72.4 Å². The molecule has 0 amide bonds. The van der Waals surface area contributed by atoms with E-state index >= 15 is 0 Å². The lowest BCUT2D eigenvalue weighted by Crippen LogP contribution is -2.14. The van der Waals surface area contributed by atoms with Crippen LogP contribution in [0.4, 0.5) is 0 Å². The van der Waals surface area contributed by atoms with Crippen LogP contribution in [0.3, 0.4) is 0 Å². The highest BCUT2D eigenvalue weighted by molar-refractivity contribution is 5.47. The number of hydrogen-bond acceptors (Lipinski definition) is 1. The van der Waals surface area contributed by atoms with Crippen LogP contribution in [0.5, 0.6) is 5.75 Å². The monoisotopic (exact) mass is 330 g/mol. The fourth-order valence-corrected chi connectivity index (χ4v) is 4.29. The summed E-state index contributed by atoms with van der Waals surface area (Å²) in [6.45, 7) is 11.0. The van der Waals surface area contributed by atoms with Gasteiger partial charge in [-0.05, 0) is 66.0 Å². The van der Waals surface area contributed by atoms with Gasteiger partial charge < -0.3 is 5.11 Å². The van der Waals surface area contributed by atoms with Crippen molar-refractivity contribution >= 4 is 0 Å². The van der Waals surface area contributed by atoms with Gasteiger partial charge in [0.15, 0.2) is 0 Å². The van der Waals surface area contributed by atoms with E-state index in [2.05, 4.69) is 46.8 Å². The van der Waals surface area contributed by atoms with Gasteiger partial charge in [0.05, 0.1) is 0 Å². The van der Waals surface area contributed by atoms with Gasteiger partial charge in [0.25, 0.3) is 0 Å². The Balaban J connectivity index is 2.10. The molecule has 1 N–H and O–H groups in total. The van der Waals surface area contributed by atoms with Crippen LogP contribution < -0.4 is 0 Å². The first-order valence-corrected chi connectivity index (χ1v) is 10.3. The molecule has 1 aromatic rings. The molecule has 0 heterocycles. The molecule has 2 rings (SSSR count). The molecule has 0 saturated heterocycles. The molecule has 1 fully saturated rings. The molecule has 0 atom stereocenters. The van der Waals surface area contributed by atoms with Gasteiger partial charge in [0, 0.05) is 0 Å². The zero-order valence-corrected chi connectivity index (χ0v) is 16.6. The van der Waals surface area contributed by atoms with Gasteiger partial charge in [0.1, 0.15) is 5.75 Å². The smallest absolute Gasteiger partial charge is 0.122 e. The summed E-state index contributed by atoms with van der Waals surface area (Å²) in [4.78, 5) is 0. The highest BCUT2D eigenvalue weighted by Gasteiger charge is 2.24. The van der Waals surface area contributed by atoms with Crippen molar-refractivity contribution in [3.05, 3.63) is 28.8 Å². The minimum absolute atomic E-state index is 0.382. The predicted octanol–water partition coefficient (Wildman–Crippen LogP) is 7.49. The van der Waals surface area contributed by atoms with Crippen LogP contribution in [0.2, 0.25) is 0 Å². The molecule has 1 aliphatic carbocycles. The lowest BCUT2D eigenvalue weighted by molar-refractivity contribution is 0.302. The first kappa shape index (κ1) is 19.3. The lowest BCUT2D eigenvalue weighted by Gasteiger charge is -2.30. The summed E-state index contributed by atoms with van der Waals surface area (Å²) in [5, 5.41) is 10.6. The van der Waals surface area contributed by atoms with Crippen LogP contribution in [0.25, 0.3) is 0 Å². The highest BCUT2D eigenvalue weighted by Crippen LogP contribution is 2.42. The van der Waals surface area contributed by atoms with Gasteiger partial charge >= 0.3 is 0 Å². The third-order valence-electron chi connectivity index (χ3n) is 5.97. The Morgan fingerprint density at radius 2 is 1.46 bits per heavy atom. The molecule has 0 radical (unpaired) electrons. The maximum Gasteiger partial charge on any atom is 0.122 e. The SMILES string of the molecule is CCCCCC1CCC(c2cc(C(C)C)c(O)c(C(C)C)c2)CC1. The minimum atomic E-state index is 0.382. The van der Waals surface area contributed by atoms with E-state index in [1.54, 1.807) is 0 Å². The molecular formula is C23H38O. The van der Waals surface area contributed by atoms with Gasteiger partial charge in [-0.15, -0.1) is 0 Å². The van der Waals surface area contributed by atoms with Gasteiger partial charge in [0.2, 0.25) is 0 Å². The number of hydrogen-bond donors (Lipinski definition) is 1. The van der Waals surface area contributed by atoms with Crippen LogP contribution in [0, 0.1) is 5.92 Å².